The van der Waals surface area contributed by atoms with E-state index in [4.69, 9.17) is 12.2 Å². The van der Waals surface area contributed by atoms with Crippen molar-refractivity contribution in [2.24, 2.45) is 7.05 Å². The summed E-state index contributed by atoms with van der Waals surface area (Å²) in [4.78, 5) is 12.4. The predicted molar refractivity (Wildman–Crippen MR) is 130 cm³/mol. The molecule has 1 aromatic carbocycles. The molecule has 1 aliphatic rings. The van der Waals surface area contributed by atoms with Gasteiger partial charge in [0.2, 0.25) is 5.95 Å². The van der Waals surface area contributed by atoms with Crippen molar-refractivity contribution >= 4 is 39.0 Å². The Labute approximate surface area is 198 Å². The molecule has 12 heteroatoms. The quantitative estimate of drug-likeness (QED) is 0.505. The summed E-state index contributed by atoms with van der Waals surface area (Å²) in [6.07, 6.45) is 5.01. The van der Waals surface area contributed by atoms with E-state index in [0.29, 0.717) is 5.11 Å². The van der Waals surface area contributed by atoms with Gasteiger partial charge < -0.3 is 10.2 Å². The van der Waals surface area contributed by atoms with E-state index in [9.17, 15) is 8.42 Å². The Morgan fingerprint density at radius 2 is 1.76 bits per heavy atom. The van der Waals surface area contributed by atoms with Gasteiger partial charge in [0.05, 0.1) is 10.6 Å². The highest BCUT2D eigenvalue weighted by Gasteiger charge is 2.21. The van der Waals surface area contributed by atoms with Gasteiger partial charge in [-0.15, -0.1) is 0 Å². The molecule has 0 unspecified atom stereocenters. The summed E-state index contributed by atoms with van der Waals surface area (Å²) in [5, 5.41) is 8.24. The first kappa shape index (κ1) is 23.1. The number of nitrogens with zero attached hydrogens (tertiary/aromatic N) is 6. The molecule has 1 fully saturated rings. The number of thiocarbonyl (C=S) groups is 1. The molecular weight excluding hydrogens is 460 g/mol. The Kier molecular flexibility index (Phi) is 6.86. The summed E-state index contributed by atoms with van der Waals surface area (Å²) in [5.41, 5.74) is 3.03. The highest BCUT2D eigenvalue weighted by Crippen LogP contribution is 2.17. The largest absolute Gasteiger partial charge is 0.346 e. The van der Waals surface area contributed by atoms with Crippen LogP contribution in [0.3, 0.4) is 0 Å². The Balaban J connectivity index is 1.29. The maximum Gasteiger partial charge on any atom is 0.264 e. The first-order valence-electron chi connectivity index (χ1n) is 10.5. The van der Waals surface area contributed by atoms with Crippen LogP contribution >= 0.6 is 12.2 Å². The van der Waals surface area contributed by atoms with E-state index < -0.39 is 10.0 Å². The fourth-order valence-electron chi connectivity index (χ4n) is 3.60. The van der Waals surface area contributed by atoms with Crippen LogP contribution in [0.25, 0.3) is 0 Å². The predicted octanol–water partition coefficient (Wildman–Crippen LogP) is 1.83. The normalized spacial score (nSPS) is 14.8. The molecule has 0 atom stereocenters. The maximum atomic E-state index is 12.5. The van der Waals surface area contributed by atoms with Crippen LogP contribution in [0.15, 0.2) is 53.8 Å². The number of benzene rings is 1. The first-order valence-corrected chi connectivity index (χ1v) is 12.4. The van der Waals surface area contributed by atoms with E-state index in [0.717, 1.165) is 44.1 Å². The van der Waals surface area contributed by atoms with Crippen LogP contribution < -0.4 is 10.0 Å². The second-order valence-corrected chi connectivity index (χ2v) is 9.88. The van der Waals surface area contributed by atoms with Crippen LogP contribution in [0.1, 0.15) is 11.3 Å². The topological polar surface area (TPSA) is 108 Å². The summed E-state index contributed by atoms with van der Waals surface area (Å²) in [6, 6.07) is 8.03. The molecule has 3 heterocycles. The fourth-order valence-corrected chi connectivity index (χ4v) is 4.86. The zero-order chi connectivity index (χ0) is 23.4. The summed E-state index contributed by atoms with van der Waals surface area (Å²) < 4.78 is 29.2. The van der Waals surface area contributed by atoms with Gasteiger partial charge >= 0.3 is 0 Å². The lowest BCUT2D eigenvalue weighted by Crippen LogP contribution is -2.49. The zero-order valence-electron chi connectivity index (χ0n) is 18.5. The van der Waals surface area contributed by atoms with Gasteiger partial charge in [0.25, 0.3) is 10.0 Å². The van der Waals surface area contributed by atoms with E-state index in [-0.39, 0.29) is 10.8 Å². The molecule has 1 aliphatic heterocycles. The summed E-state index contributed by atoms with van der Waals surface area (Å²) in [5.74, 6) is 0.0266. The van der Waals surface area contributed by atoms with Gasteiger partial charge in [-0.05, 0) is 49.5 Å². The Morgan fingerprint density at radius 1 is 1.09 bits per heavy atom. The lowest BCUT2D eigenvalue weighted by Gasteiger charge is -2.36. The van der Waals surface area contributed by atoms with E-state index in [2.05, 4.69) is 41.1 Å². The van der Waals surface area contributed by atoms with E-state index in [1.165, 1.54) is 30.1 Å². The number of aryl methyl sites for hydroxylation is 2. The van der Waals surface area contributed by atoms with E-state index in [1.54, 1.807) is 18.2 Å². The van der Waals surface area contributed by atoms with E-state index in [1.807, 2.05) is 18.7 Å². The third-order valence-electron chi connectivity index (χ3n) is 5.38. The number of sulfonamides is 1. The minimum absolute atomic E-state index is 0.0266. The highest BCUT2D eigenvalue weighted by atomic mass is 32.2. The van der Waals surface area contributed by atoms with Gasteiger partial charge in [-0.25, -0.2) is 23.1 Å². The van der Waals surface area contributed by atoms with Crippen molar-refractivity contribution in [2.75, 3.05) is 36.2 Å². The lowest BCUT2D eigenvalue weighted by molar-refractivity contribution is 0.176. The minimum atomic E-state index is -3.77. The van der Waals surface area contributed by atoms with Gasteiger partial charge in [0.1, 0.15) is 0 Å². The molecule has 3 aromatic rings. The van der Waals surface area contributed by atoms with Crippen LogP contribution in [-0.4, -0.2) is 69.3 Å². The van der Waals surface area contributed by atoms with Crippen molar-refractivity contribution in [3.63, 3.8) is 0 Å². The van der Waals surface area contributed by atoms with Crippen LogP contribution in [0.4, 0.5) is 11.6 Å². The third-order valence-corrected chi connectivity index (χ3v) is 7.08. The number of nitrogens with one attached hydrogen (secondary N) is 2. The molecule has 0 aliphatic carbocycles. The standard InChI is InChI=1S/C21H26N8O2S2/c1-16-17(14-27(2)25-16)15-28-10-12-29(13-11-28)21(32)24-18-4-6-19(7-5-18)33(30,31)26-20-22-8-3-9-23-20/h3-9,14H,10-13,15H2,1-2H3,(H,24,32)(H,22,23,26). The van der Waals surface area contributed by atoms with Crippen molar-refractivity contribution in [1.29, 1.82) is 0 Å². The molecular formula is C21H26N8O2S2. The average Bonchev–Trinajstić information content (AvgIpc) is 3.11. The molecule has 2 N–H and O–H groups in total. The van der Waals surface area contributed by atoms with Crippen molar-refractivity contribution in [3.05, 3.63) is 60.2 Å². The van der Waals surface area contributed by atoms with Gasteiger partial charge in [-0.3, -0.25) is 9.58 Å². The van der Waals surface area contributed by atoms with E-state index >= 15 is 0 Å². The molecule has 10 nitrogen and oxygen atoms in total. The zero-order valence-corrected chi connectivity index (χ0v) is 20.1. The summed E-state index contributed by atoms with van der Waals surface area (Å²) >= 11 is 5.58. The summed E-state index contributed by atoms with van der Waals surface area (Å²) in [7, 11) is -1.83. The smallest absolute Gasteiger partial charge is 0.264 e. The van der Waals surface area contributed by atoms with Crippen molar-refractivity contribution in [3.8, 4) is 0 Å². The Bertz CT molecular complexity index is 1200. The molecule has 1 saturated heterocycles. The second kappa shape index (κ2) is 9.81. The molecule has 33 heavy (non-hydrogen) atoms. The number of anilines is 2. The lowest BCUT2D eigenvalue weighted by atomic mass is 10.2. The fraction of sp³-hybridized carbons (Fsp3) is 0.333. The average molecular weight is 487 g/mol. The number of rotatable bonds is 6. The molecule has 4 rings (SSSR count). The molecule has 0 spiro atoms. The molecule has 0 radical (unpaired) electrons. The minimum Gasteiger partial charge on any atom is -0.346 e. The first-order chi connectivity index (χ1) is 15.8. The molecule has 174 valence electrons. The number of aromatic nitrogens is 4. The molecule has 2 aromatic heterocycles. The third kappa shape index (κ3) is 5.83. The van der Waals surface area contributed by atoms with Gasteiger partial charge in [-0.1, -0.05) is 0 Å². The van der Waals surface area contributed by atoms with Gasteiger partial charge in [0, 0.05) is 69.6 Å². The second-order valence-electron chi connectivity index (χ2n) is 7.81. The van der Waals surface area contributed by atoms with Crippen molar-refractivity contribution in [1.82, 2.24) is 29.5 Å². The van der Waals surface area contributed by atoms with Crippen LogP contribution in [0, 0.1) is 6.92 Å². The van der Waals surface area contributed by atoms with Crippen molar-refractivity contribution in [2.45, 2.75) is 18.4 Å². The summed E-state index contributed by atoms with van der Waals surface area (Å²) in [6.45, 7) is 6.36. The molecule has 0 bridgehead atoms. The van der Waals surface area contributed by atoms with Crippen LogP contribution in [0.2, 0.25) is 0 Å². The van der Waals surface area contributed by atoms with Gasteiger partial charge in [0.15, 0.2) is 5.11 Å². The van der Waals surface area contributed by atoms with Crippen LogP contribution in [0.5, 0.6) is 0 Å². The number of piperazine rings is 1. The Morgan fingerprint density at radius 3 is 2.36 bits per heavy atom. The number of hydrogen-bond donors (Lipinski definition) is 2. The maximum absolute atomic E-state index is 12.5. The SMILES string of the molecule is Cc1nn(C)cc1CN1CCN(C(=S)Nc2ccc(S(=O)(=O)Nc3ncccn3)cc2)CC1. The number of hydrogen-bond acceptors (Lipinski definition) is 7. The molecule has 0 amide bonds. The Hall–Kier alpha value is -3.09. The van der Waals surface area contributed by atoms with Crippen LogP contribution in [-0.2, 0) is 23.6 Å². The van der Waals surface area contributed by atoms with Gasteiger partial charge in [-0.2, -0.15) is 5.10 Å². The molecule has 0 saturated carbocycles. The highest BCUT2D eigenvalue weighted by molar-refractivity contribution is 7.92. The van der Waals surface area contributed by atoms with Crippen molar-refractivity contribution < 1.29 is 8.42 Å². The monoisotopic (exact) mass is 486 g/mol.